The maximum atomic E-state index is 11.5. The predicted molar refractivity (Wildman–Crippen MR) is 67.3 cm³/mol. The molecular formula is C13H15NO5. The smallest absolute Gasteiger partial charge is 0.338 e. The lowest BCUT2D eigenvalue weighted by Gasteiger charge is -2.13. The predicted octanol–water partition coefficient (Wildman–Crippen LogP) is 2.70. The minimum absolute atomic E-state index is 0.0764. The first-order valence-electron chi connectivity index (χ1n) is 6.14. The summed E-state index contributed by atoms with van der Waals surface area (Å²) in [4.78, 5) is 21.8. The van der Waals surface area contributed by atoms with E-state index in [0.29, 0.717) is 5.75 Å². The van der Waals surface area contributed by atoms with E-state index in [9.17, 15) is 14.9 Å². The highest BCUT2D eigenvalue weighted by molar-refractivity contribution is 5.90. The third kappa shape index (κ3) is 3.21. The first kappa shape index (κ1) is 13.3. The summed E-state index contributed by atoms with van der Waals surface area (Å²) in [5.74, 6) is -0.263. The Morgan fingerprint density at radius 2 is 2.00 bits per heavy atom. The molecule has 19 heavy (non-hydrogen) atoms. The number of esters is 1. The van der Waals surface area contributed by atoms with Gasteiger partial charge in [0.15, 0.2) is 0 Å². The van der Waals surface area contributed by atoms with E-state index < -0.39 is 10.9 Å². The van der Waals surface area contributed by atoms with Crippen molar-refractivity contribution in [2.45, 2.75) is 31.8 Å². The van der Waals surface area contributed by atoms with E-state index >= 15 is 0 Å². The standard InChI is InChI=1S/C13H15NO5/c1-18-13(15)9-6-10(14(16)17)8-12(7-9)19-11-4-2-3-5-11/h6-8,11H,2-5H2,1H3. The normalized spacial score (nSPS) is 15.2. The Labute approximate surface area is 110 Å². The van der Waals surface area contributed by atoms with Gasteiger partial charge in [0.25, 0.3) is 5.69 Å². The molecule has 0 heterocycles. The summed E-state index contributed by atoms with van der Waals surface area (Å²) in [7, 11) is 1.23. The number of ether oxygens (including phenoxy) is 2. The van der Waals surface area contributed by atoms with Crippen LogP contribution in [-0.4, -0.2) is 24.1 Å². The van der Waals surface area contributed by atoms with Gasteiger partial charge in [-0.25, -0.2) is 4.79 Å². The molecule has 0 radical (unpaired) electrons. The zero-order valence-electron chi connectivity index (χ0n) is 10.6. The average Bonchev–Trinajstić information content (AvgIpc) is 2.90. The first-order chi connectivity index (χ1) is 9.10. The summed E-state index contributed by atoms with van der Waals surface area (Å²) >= 11 is 0. The van der Waals surface area contributed by atoms with Gasteiger partial charge in [-0.3, -0.25) is 10.1 Å². The van der Waals surface area contributed by atoms with Crippen molar-refractivity contribution in [3.63, 3.8) is 0 Å². The summed E-state index contributed by atoms with van der Waals surface area (Å²) in [6, 6.07) is 4.01. The molecule has 0 atom stereocenters. The summed E-state index contributed by atoms with van der Waals surface area (Å²) in [5, 5.41) is 10.9. The maximum absolute atomic E-state index is 11.5. The van der Waals surface area contributed by atoms with Crippen LogP contribution in [0.1, 0.15) is 36.0 Å². The van der Waals surface area contributed by atoms with Gasteiger partial charge in [-0.1, -0.05) is 0 Å². The third-order valence-corrected chi connectivity index (χ3v) is 3.13. The fourth-order valence-electron chi connectivity index (χ4n) is 2.19. The number of carbonyl (C=O) groups is 1. The number of rotatable bonds is 4. The van der Waals surface area contributed by atoms with E-state index in [1.165, 1.54) is 25.3 Å². The van der Waals surface area contributed by atoms with Gasteiger partial charge in [-0.05, 0) is 31.7 Å². The molecule has 0 spiro atoms. The van der Waals surface area contributed by atoms with Crippen LogP contribution >= 0.6 is 0 Å². The number of methoxy groups -OCH3 is 1. The van der Waals surface area contributed by atoms with E-state index in [4.69, 9.17) is 4.74 Å². The van der Waals surface area contributed by atoms with Crippen LogP contribution in [0.2, 0.25) is 0 Å². The molecule has 6 heteroatoms. The first-order valence-corrected chi connectivity index (χ1v) is 6.14. The Morgan fingerprint density at radius 3 is 2.58 bits per heavy atom. The van der Waals surface area contributed by atoms with Gasteiger partial charge >= 0.3 is 5.97 Å². The molecule has 1 saturated carbocycles. The summed E-state index contributed by atoms with van der Waals surface area (Å²) in [5.41, 5.74) is -0.0411. The molecule has 1 aliphatic rings. The lowest BCUT2D eigenvalue weighted by Crippen LogP contribution is -2.12. The number of non-ortho nitro benzene ring substituents is 1. The van der Waals surface area contributed by atoms with Gasteiger partial charge in [-0.2, -0.15) is 0 Å². The molecule has 0 amide bonds. The minimum Gasteiger partial charge on any atom is -0.490 e. The fraction of sp³-hybridized carbons (Fsp3) is 0.462. The van der Waals surface area contributed by atoms with Crippen molar-refractivity contribution < 1.29 is 19.2 Å². The number of hydrogen-bond acceptors (Lipinski definition) is 5. The molecule has 1 aromatic rings. The maximum Gasteiger partial charge on any atom is 0.338 e. The van der Waals surface area contributed by atoms with Gasteiger partial charge in [0.2, 0.25) is 0 Å². The number of hydrogen-bond donors (Lipinski definition) is 0. The molecule has 6 nitrogen and oxygen atoms in total. The van der Waals surface area contributed by atoms with E-state index in [0.717, 1.165) is 25.7 Å². The monoisotopic (exact) mass is 265 g/mol. The van der Waals surface area contributed by atoms with Gasteiger partial charge in [-0.15, -0.1) is 0 Å². The number of nitrogens with zero attached hydrogens (tertiary/aromatic N) is 1. The van der Waals surface area contributed by atoms with Crippen molar-refractivity contribution >= 4 is 11.7 Å². The topological polar surface area (TPSA) is 78.7 Å². The Balaban J connectivity index is 2.27. The summed E-state index contributed by atoms with van der Waals surface area (Å²) in [6.07, 6.45) is 4.16. The lowest BCUT2D eigenvalue weighted by molar-refractivity contribution is -0.385. The summed E-state index contributed by atoms with van der Waals surface area (Å²) in [6.45, 7) is 0. The third-order valence-electron chi connectivity index (χ3n) is 3.13. The van der Waals surface area contributed by atoms with E-state index in [1.807, 2.05) is 0 Å². The molecule has 1 aliphatic carbocycles. The Morgan fingerprint density at radius 1 is 1.32 bits per heavy atom. The summed E-state index contributed by atoms with van der Waals surface area (Å²) < 4.78 is 10.3. The van der Waals surface area contributed by atoms with Crippen LogP contribution in [0.4, 0.5) is 5.69 Å². The van der Waals surface area contributed by atoms with Crippen molar-refractivity contribution in [1.82, 2.24) is 0 Å². The second-order valence-corrected chi connectivity index (χ2v) is 4.49. The zero-order valence-corrected chi connectivity index (χ0v) is 10.6. The van der Waals surface area contributed by atoms with E-state index in [-0.39, 0.29) is 17.4 Å². The number of nitro benzene ring substituents is 1. The highest BCUT2D eigenvalue weighted by Gasteiger charge is 2.20. The molecule has 0 aromatic heterocycles. The zero-order chi connectivity index (χ0) is 13.8. The number of nitro groups is 1. The molecule has 0 unspecified atom stereocenters. The highest BCUT2D eigenvalue weighted by atomic mass is 16.6. The van der Waals surface area contributed by atoms with Crippen molar-refractivity contribution in [2.24, 2.45) is 0 Å². The van der Waals surface area contributed by atoms with E-state index in [2.05, 4.69) is 4.74 Å². The second kappa shape index (κ2) is 5.69. The van der Waals surface area contributed by atoms with Crippen molar-refractivity contribution in [2.75, 3.05) is 7.11 Å². The lowest BCUT2D eigenvalue weighted by atomic mass is 10.2. The van der Waals surface area contributed by atoms with Crippen molar-refractivity contribution in [3.8, 4) is 5.75 Å². The fourth-order valence-corrected chi connectivity index (χ4v) is 2.19. The Hall–Kier alpha value is -2.11. The second-order valence-electron chi connectivity index (χ2n) is 4.49. The molecule has 0 N–H and O–H groups in total. The van der Waals surface area contributed by atoms with Crippen LogP contribution in [-0.2, 0) is 4.74 Å². The SMILES string of the molecule is COC(=O)c1cc(OC2CCCC2)cc([N+](=O)[O-])c1. The van der Waals surface area contributed by atoms with Crippen LogP contribution in [0, 0.1) is 10.1 Å². The quantitative estimate of drug-likeness (QED) is 0.475. The van der Waals surface area contributed by atoms with Crippen LogP contribution < -0.4 is 4.74 Å². The van der Waals surface area contributed by atoms with Crippen molar-refractivity contribution in [3.05, 3.63) is 33.9 Å². The van der Waals surface area contributed by atoms with Gasteiger partial charge in [0, 0.05) is 6.07 Å². The molecular weight excluding hydrogens is 250 g/mol. The number of carbonyl (C=O) groups excluding carboxylic acids is 1. The van der Waals surface area contributed by atoms with Crippen molar-refractivity contribution in [1.29, 1.82) is 0 Å². The average molecular weight is 265 g/mol. The van der Waals surface area contributed by atoms with Gasteiger partial charge < -0.3 is 9.47 Å². The largest absolute Gasteiger partial charge is 0.490 e. The molecule has 0 saturated heterocycles. The molecule has 2 rings (SSSR count). The van der Waals surface area contributed by atoms with Gasteiger partial charge in [0.05, 0.1) is 29.8 Å². The number of benzene rings is 1. The van der Waals surface area contributed by atoms with E-state index in [1.54, 1.807) is 0 Å². The Bertz CT molecular complexity index is 494. The van der Waals surface area contributed by atoms with Crippen LogP contribution in [0.25, 0.3) is 0 Å². The van der Waals surface area contributed by atoms with Crippen LogP contribution in [0.15, 0.2) is 18.2 Å². The molecule has 102 valence electrons. The molecule has 1 aromatic carbocycles. The Kier molecular flexibility index (Phi) is 3.99. The van der Waals surface area contributed by atoms with Crippen LogP contribution in [0.5, 0.6) is 5.75 Å². The minimum atomic E-state index is -0.611. The highest BCUT2D eigenvalue weighted by Crippen LogP contribution is 2.28. The van der Waals surface area contributed by atoms with Gasteiger partial charge in [0.1, 0.15) is 5.75 Å². The molecule has 0 aliphatic heterocycles. The van der Waals surface area contributed by atoms with Crippen LogP contribution in [0.3, 0.4) is 0 Å². The molecule has 0 bridgehead atoms. The molecule has 1 fully saturated rings.